The fourth-order valence-corrected chi connectivity index (χ4v) is 2.85. The highest BCUT2D eigenvalue weighted by Crippen LogP contribution is 2.44. The number of allylic oxidation sites excluding steroid dienone is 1. The molecule has 1 fully saturated rings. The topological polar surface area (TPSA) is 38.7 Å². The third-order valence-electron chi connectivity index (χ3n) is 3.64. The summed E-state index contributed by atoms with van der Waals surface area (Å²) in [5, 5.41) is 3.89. The van der Waals surface area contributed by atoms with Gasteiger partial charge in [0.25, 0.3) is 0 Å². The molecule has 1 aliphatic carbocycles. The van der Waals surface area contributed by atoms with Gasteiger partial charge in [-0.25, -0.2) is 0 Å². The van der Waals surface area contributed by atoms with Crippen LogP contribution < -0.4 is 0 Å². The highest BCUT2D eigenvalue weighted by molar-refractivity contribution is 5.88. The largest absolute Gasteiger partial charge is 0.323 e. The molecule has 0 aromatic carbocycles. The summed E-state index contributed by atoms with van der Waals surface area (Å²) in [6.07, 6.45) is 4.17. The van der Waals surface area contributed by atoms with E-state index >= 15 is 0 Å². The zero-order valence-electron chi connectivity index (χ0n) is 10.5. The number of hydrogen-bond donors (Lipinski definition) is 0. The maximum Gasteiger partial charge on any atom is 0.323 e. The molecule has 90 valence electrons. The molecule has 0 spiro atoms. The third-order valence-corrected chi connectivity index (χ3v) is 3.64. The van der Waals surface area contributed by atoms with Gasteiger partial charge in [-0.15, -0.1) is 0 Å². The standard InChI is InChI=1S/C13H21NO2/c1-5-13(12(4)14-16-9-15)7-10(2)6-11(3)8-13/h9,11H,2,5-8H2,1,3-4H3/b14-12-. The van der Waals surface area contributed by atoms with E-state index in [0.717, 1.165) is 31.4 Å². The van der Waals surface area contributed by atoms with Crippen LogP contribution in [0.3, 0.4) is 0 Å². The van der Waals surface area contributed by atoms with Crippen LogP contribution in [0, 0.1) is 11.3 Å². The number of oxime groups is 1. The molecule has 2 unspecified atom stereocenters. The smallest absolute Gasteiger partial charge is 0.322 e. The lowest BCUT2D eigenvalue weighted by Crippen LogP contribution is -2.35. The normalized spacial score (nSPS) is 31.3. The first-order valence-electron chi connectivity index (χ1n) is 5.85. The van der Waals surface area contributed by atoms with Crippen LogP contribution in [0.15, 0.2) is 17.3 Å². The summed E-state index contributed by atoms with van der Waals surface area (Å²) in [5.74, 6) is 0.627. The second kappa shape index (κ2) is 5.28. The fourth-order valence-electron chi connectivity index (χ4n) is 2.85. The molecule has 0 N–H and O–H groups in total. The number of rotatable bonds is 4. The minimum Gasteiger partial charge on any atom is -0.322 e. The van der Waals surface area contributed by atoms with E-state index in [1.165, 1.54) is 5.57 Å². The SMILES string of the molecule is C=C1CC(C)CC(CC)(/C(C)=N\OC=O)C1. The molecule has 0 radical (unpaired) electrons. The number of nitrogens with zero attached hydrogens (tertiary/aromatic N) is 1. The molecule has 0 aliphatic heterocycles. The Kier molecular flexibility index (Phi) is 4.27. The quantitative estimate of drug-likeness (QED) is 0.241. The summed E-state index contributed by atoms with van der Waals surface area (Å²) in [6, 6.07) is 0. The average molecular weight is 223 g/mol. The number of hydrogen-bond acceptors (Lipinski definition) is 3. The Labute approximate surface area is 97.5 Å². The van der Waals surface area contributed by atoms with Gasteiger partial charge in [0.2, 0.25) is 0 Å². The molecule has 16 heavy (non-hydrogen) atoms. The van der Waals surface area contributed by atoms with Gasteiger partial charge in [-0.05, 0) is 38.5 Å². The molecule has 0 aromatic heterocycles. The first-order valence-corrected chi connectivity index (χ1v) is 5.85. The minimum atomic E-state index is 0.0394. The molecule has 0 amide bonds. The summed E-state index contributed by atoms with van der Waals surface area (Å²) in [4.78, 5) is 14.7. The first kappa shape index (κ1) is 12.9. The van der Waals surface area contributed by atoms with Crippen LogP contribution in [-0.2, 0) is 9.63 Å². The van der Waals surface area contributed by atoms with Gasteiger partial charge < -0.3 is 4.84 Å². The van der Waals surface area contributed by atoms with Crippen molar-refractivity contribution in [2.45, 2.75) is 46.5 Å². The summed E-state index contributed by atoms with van der Waals surface area (Å²) < 4.78 is 0. The summed E-state index contributed by atoms with van der Waals surface area (Å²) in [6.45, 7) is 10.8. The van der Waals surface area contributed by atoms with Crippen molar-refractivity contribution in [1.82, 2.24) is 0 Å². The minimum absolute atomic E-state index is 0.0394. The zero-order chi connectivity index (χ0) is 12.2. The van der Waals surface area contributed by atoms with E-state index in [-0.39, 0.29) is 5.41 Å². The van der Waals surface area contributed by atoms with Crippen LogP contribution in [0.1, 0.15) is 46.5 Å². The number of carbonyl (C=O) groups is 1. The Morgan fingerprint density at radius 3 is 2.94 bits per heavy atom. The van der Waals surface area contributed by atoms with Gasteiger partial charge in [0.1, 0.15) is 0 Å². The lowest BCUT2D eigenvalue weighted by atomic mass is 9.65. The fraction of sp³-hybridized carbons (Fsp3) is 0.692. The summed E-state index contributed by atoms with van der Waals surface area (Å²) in [7, 11) is 0. The zero-order valence-corrected chi connectivity index (χ0v) is 10.5. The lowest BCUT2D eigenvalue weighted by Gasteiger charge is -2.40. The molecule has 2 atom stereocenters. The molecular weight excluding hydrogens is 202 g/mol. The Bertz CT molecular complexity index is 309. The van der Waals surface area contributed by atoms with Crippen molar-refractivity contribution in [3.05, 3.63) is 12.2 Å². The van der Waals surface area contributed by atoms with Crippen molar-refractivity contribution in [1.29, 1.82) is 0 Å². The van der Waals surface area contributed by atoms with Crippen molar-refractivity contribution in [2.24, 2.45) is 16.5 Å². The molecule has 3 heteroatoms. The molecule has 3 nitrogen and oxygen atoms in total. The molecule has 1 rings (SSSR count). The Hall–Kier alpha value is -1.12. The summed E-state index contributed by atoms with van der Waals surface area (Å²) in [5.41, 5.74) is 2.23. The van der Waals surface area contributed by atoms with Crippen molar-refractivity contribution >= 4 is 12.2 Å². The Balaban J connectivity index is 2.91. The van der Waals surface area contributed by atoms with E-state index in [4.69, 9.17) is 0 Å². The molecule has 1 aliphatic rings. The molecule has 0 saturated heterocycles. The highest BCUT2D eigenvalue weighted by Gasteiger charge is 2.37. The van der Waals surface area contributed by atoms with Crippen LogP contribution in [0.25, 0.3) is 0 Å². The van der Waals surface area contributed by atoms with Crippen molar-refractivity contribution in [3.8, 4) is 0 Å². The van der Waals surface area contributed by atoms with Crippen molar-refractivity contribution in [3.63, 3.8) is 0 Å². The summed E-state index contributed by atoms with van der Waals surface area (Å²) >= 11 is 0. The van der Waals surface area contributed by atoms with Gasteiger partial charge in [-0.1, -0.05) is 31.2 Å². The third kappa shape index (κ3) is 2.71. The lowest BCUT2D eigenvalue weighted by molar-refractivity contribution is -0.128. The Morgan fingerprint density at radius 1 is 1.75 bits per heavy atom. The van der Waals surface area contributed by atoms with Gasteiger partial charge >= 0.3 is 6.47 Å². The maximum absolute atomic E-state index is 10.2. The van der Waals surface area contributed by atoms with Gasteiger partial charge in [0.05, 0.1) is 5.71 Å². The van der Waals surface area contributed by atoms with Gasteiger partial charge in [-0.2, -0.15) is 0 Å². The molecule has 0 aromatic rings. The van der Waals surface area contributed by atoms with Crippen LogP contribution in [0.5, 0.6) is 0 Å². The molecular formula is C13H21NO2. The average Bonchev–Trinajstić information content (AvgIpc) is 2.24. The van der Waals surface area contributed by atoms with E-state index in [9.17, 15) is 4.79 Å². The van der Waals surface area contributed by atoms with Gasteiger partial charge in [-0.3, -0.25) is 4.79 Å². The molecule has 0 heterocycles. The van der Waals surface area contributed by atoms with E-state index < -0.39 is 0 Å². The van der Waals surface area contributed by atoms with Crippen LogP contribution >= 0.6 is 0 Å². The van der Waals surface area contributed by atoms with Crippen LogP contribution in [0.4, 0.5) is 0 Å². The van der Waals surface area contributed by atoms with E-state index in [2.05, 4.69) is 30.4 Å². The highest BCUT2D eigenvalue weighted by atomic mass is 16.7. The second-order valence-corrected chi connectivity index (χ2v) is 4.95. The van der Waals surface area contributed by atoms with Crippen molar-refractivity contribution < 1.29 is 9.63 Å². The molecule has 1 saturated carbocycles. The first-order chi connectivity index (χ1) is 7.54. The predicted octanol–water partition coefficient (Wildman–Crippen LogP) is 3.31. The van der Waals surface area contributed by atoms with Gasteiger partial charge in [0, 0.05) is 5.41 Å². The number of carbonyl (C=O) groups excluding carboxylic acids is 1. The Morgan fingerprint density at radius 2 is 2.44 bits per heavy atom. The monoisotopic (exact) mass is 223 g/mol. The van der Waals surface area contributed by atoms with Crippen LogP contribution in [0.2, 0.25) is 0 Å². The van der Waals surface area contributed by atoms with Gasteiger partial charge in [0.15, 0.2) is 0 Å². The van der Waals surface area contributed by atoms with Crippen molar-refractivity contribution in [2.75, 3.05) is 0 Å². The molecule has 0 bridgehead atoms. The van der Waals surface area contributed by atoms with E-state index in [0.29, 0.717) is 12.4 Å². The maximum atomic E-state index is 10.2. The van der Waals surface area contributed by atoms with E-state index in [1.807, 2.05) is 6.92 Å². The van der Waals surface area contributed by atoms with E-state index in [1.54, 1.807) is 0 Å². The predicted molar refractivity (Wildman–Crippen MR) is 65.1 cm³/mol. The van der Waals surface area contributed by atoms with Crippen LogP contribution in [-0.4, -0.2) is 12.2 Å². The second-order valence-electron chi connectivity index (χ2n) is 4.95.